The second kappa shape index (κ2) is 5.71. The average Bonchev–Trinajstić information content (AvgIpc) is 2.29. The van der Waals surface area contributed by atoms with Crippen LogP contribution in [-0.2, 0) is 17.7 Å². The summed E-state index contributed by atoms with van der Waals surface area (Å²) >= 11 is 1.99. The van der Waals surface area contributed by atoms with E-state index in [1.54, 1.807) is 7.11 Å². The maximum atomic E-state index is 5.11. The average molecular weight is 237 g/mol. The molecule has 0 spiro atoms. The Morgan fingerprint density at radius 1 is 1.44 bits per heavy atom. The molecule has 16 heavy (non-hydrogen) atoms. The van der Waals surface area contributed by atoms with Crippen LogP contribution in [0.1, 0.15) is 17.5 Å². The van der Waals surface area contributed by atoms with Crippen LogP contribution >= 0.6 is 11.8 Å². The van der Waals surface area contributed by atoms with Gasteiger partial charge in [0.25, 0.3) is 0 Å². The number of nitrogens with zero attached hydrogens (tertiary/aromatic N) is 1. The third kappa shape index (κ3) is 3.00. The maximum Gasteiger partial charge on any atom is 0.0986 e. The van der Waals surface area contributed by atoms with Crippen molar-refractivity contribution in [3.63, 3.8) is 0 Å². The number of rotatable bonds is 4. The molecule has 1 heterocycles. The molecule has 2 rings (SSSR count). The van der Waals surface area contributed by atoms with Crippen molar-refractivity contribution in [2.45, 2.75) is 24.3 Å². The van der Waals surface area contributed by atoms with Gasteiger partial charge in [-0.2, -0.15) is 0 Å². The first-order chi connectivity index (χ1) is 7.79. The van der Waals surface area contributed by atoms with Crippen molar-refractivity contribution in [2.24, 2.45) is 0 Å². The third-order valence-electron chi connectivity index (χ3n) is 2.77. The van der Waals surface area contributed by atoms with Crippen molar-refractivity contribution >= 4 is 11.8 Å². The summed E-state index contributed by atoms with van der Waals surface area (Å²) in [5, 5.41) is 0. The second-order valence-corrected chi connectivity index (χ2v) is 5.46. The topological polar surface area (TPSA) is 12.5 Å². The van der Waals surface area contributed by atoms with Gasteiger partial charge in [0, 0.05) is 18.6 Å². The molecule has 0 aromatic heterocycles. The number of thioether (sulfide) groups is 1. The Bertz CT molecular complexity index is 354. The van der Waals surface area contributed by atoms with Crippen molar-refractivity contribution in [3.8, 4) is 0 Å². The fourth-order valence-corrected chi connectivity index (χ4v) is 3.11. The summed E-state index contributed by atoms with van der Waals surface area (Å²) in [6, 6.07) is 6.87. The zero-order valence-electron chi connectivity index (χ0n) is 10.0. The second-order valence-electron chi connectivity index (χ2n) is 4.33. The van der Waals surface area contributed by atoms with E-state index in [1.165, 1.54) is 34.6 Å². The van der Waals surface area contributed by atoms with Crippen LogP contribution in [0, 0.1) is 0 Å². The smallest absolute Gasteiger partial charge is 0.0986 e. The minimum Gasteiger partial charge on any atom is -0.369 e. The highest BCUT2D eigenvalue weighted by molar-refractivity contribution is 7.99. The lowest BCUT2D eigenvalue weighted by Crippen LogP contribution is -2.20. The Kier molecular flexibility index (Phi) is 4.27. The molecule has 1 aliphatic heterocycles. The standard InChI is InChI=1S/C13H19NOS/c1-14(10-15-2)9-11-5-6-13-12(8-11)4-3-7-16-13/h5-6,8H,3-4,7,9-10H2,1-2H3. The summed E-state index contributed by atoms with van der Waals surface area (Å²) in [6.45, 7) is 1.65. The Hall–Kier alpha value is -0.510. The van der Waals surface area contributed by atoms with Crippen molar-refractivity contribution in [1.82, 2.24) is 4.90 Å². The van der Waals surface area contributed by atoms with E-state index in [0.29, 0.717) is 6.73 Å². The molecule has 0 N–H and O–H groups in total. The van der Waals surface area contributed by atoms with Crippen molar-refractivity contribution in [3.05, 3.63) is 29.3 Å². The Balaban J connectivity index is 2.05. The van der Waals surface area contributed by atoms with Gasteiger partial charge >= 0.3 is 0 Å². The van der Waals surface area contributed by atoms with Crippen LogP contribution in [0.4, 0.5) is 0 Å². The number of hydrogen-bond donors (Lipinski definition) is 0. The lowest BCUT2D eigenvalue weighted by atomic mass is 10.1. The van der Waals surface area contributed by atoms with Gasteiger partial charge in [-0.15, -0.1) is 11.8 Å². The molecular weight excluding hydrogens is 218 g/mol. The minimum atomic E-state index is 0.686. The van der Waals surface area contributed by atoms with E-state index in [2.05, 4.69) is 30.1 Å². The van der Waals surface area contributed by atoms with E-state index in [1.807, 2.05) is 11.8 Å². The summed E-state index contributed by atoms with van der Waals surface area (Å²) in [4.78, 5) is 3.65. The third-order valence-corrected chi connectivity index (χ3v) is 3.98. The molecule has 0 atom stereocenters. The van der Waals surface area contributed by atoms with Crippen LogP contribution < -0.4 is 0 Å². The first-order valence-electron chi connectivity index (χ1n) is 5.71. The molecule has 0 amide bonds. The zero-order valence-corrected chi connectivity index (χ0v) is 10.8. The van der Waals surface area contributed by atoms with E-state index in [9.17, 15) is 0 Å². The van der Waals surface area contributed by atoms with Crippen LogP contribution in [0.5, 0.6) is 0 Å². The van der Waals surface area contributed by atoms with Crippen LogP contribution in [-0.4, -0.2) is 31.5 Å². The molecule has 1 aliphatic rings. The zero-order chi connectivity index (χ0) is 11.4. The monoisotopic (exact) mass is 237 g/mol. The van der Waals surface area contributed by atoms with E-state index < -0.39 is 0 Å². The summed E-state index contributed by atoms with van der Waals surface area (Å²) in [5.74, 6) is 1.27. The molecule has 0 bridgehead atoms. The van der Waals surface area contributed by atoms with Gasteiger partial charge in [0.1, 0.15) is 0 Å². The molecule has 0 aliphatic carbocycles. The van der Waals surface area contributed by atoms with Crippen LogP contribution in [0.25, 0.3) is 0 Å². The molecule has 88 valence electrons. The number of hydrogen-bond acceptors (Lipinski definition) is 3. The number of methoxy groups -OCH3 is 1. The lowest BCUT2D eigenvalue weighted by molar-refractivity contribution is 0.0771. The van der Waals surface area contributed by atoms with E-state index >= 15 is 0 Å². The van der Waals surface area contributed by atoms with Gasteiger partial charge in [-0.1, -0.05) is 12.1 Å². The van der Waals surface area contributed by atoms with Gasteiger partial charge in [0.15, 0.2) is 0 Å². The molecule has 0 unspecified atom stereocenters. The molecule has 0 saturated heterocycles. The molecule has 2 nitrogen and oxygen atoms in total. The quantitative estimate of drug-likeness (QED) is 0.747. The van der Waals surface area contributed by atoms with Crippen molar-refractivity contribution in [2.75, 3.05) is 26.6 Å². The van der Waals surface area contributed by atoms with E-state index in [0.717, 1.165) is 6.54 Å². The predicted octanol–water partition coefficient (Wildman–Crippen LogP) is 2.76. The first kappa shape index (κ1) is 12.0. The highest BCUT2D eigenvalue weighted by Gasteiger charge is 2.10. The molecule has 0 radical (unpaired) electrons. The van der Waals surface area contributed by atoms with E-state index in [-0.39, 0.29) is 0 Å². The Labute approximate surface area is 102 Å². The molecule has 1 aromatic carbocycles. The first-order valence-corrected chi connectivity index (χ1v) is 6.70. The SMILES string of the molecule is COCN(C)Cc1ccc2c(c1)CCCS2. The van der Waals surface area contributed by atoms with Gasteiger partial charge in [-0.3, -0.25) is 4.90 Å². The summed E-state index contributed by atoms with van der Waals surface area (Å²) < 4.78 is 5.11. The molecule has 1 aromatic rings. The van der Waals surface area contributed by atoms with E-state index in [4.69, 9.17) is 4.74 Å². The van der Waals surface area contributed by atoms with Gasteiger partial charge < -0.3 is 4.74 Å². The number of ether oxygens (including phenoxy) is 1. The summed E-state index contributed by atoms with van der Waals surface area (Å²) in [5.41, 5.74) is 2.92. The maximum absolute atomic E-state index is 5.11. The Morgan fingerprint density at radius 2 is 2.31 bits per heavy atom. The lowest BCUT2D eigenvalue weighted by Gasteiger charge is -2.19. The summed E-state index contributed by atoms with van der Waals surface area (Å²) in [6.07, 6.45) is 2.55. The highest BCUT2D eigenvalue weighted by atomic mass is 32.2. The molecule has 0 fully saturated rings. The van der Waals surface area contributed by atoms with Gasteiger partial charge in [0.2, 0.25) is 0 Å². The van der Waals surface area contributed by atoms with Gasteiger partial charge in [-0.05, 0) is 42.8 Å². The van der Waals surface area contributed by atoms with Crippen LogP contribution in [0.3, 0.4) is 0 Å². The van der Waals surface area contributed by atoms with Gasteiger partial charge in [-0.25, -0.2) is 0 Å². The van der Waals surface area contributed by atoms with Gasteiger partial charge in [0.05, 0.1) is 6.73 Å². The highest BCUT2D eigenvalue weighted by Crippen LogP contribution is 2.30. The minimum absolute atomic E-state index is 0.686. The number of benzene rings is 1. The number of aryl methyl sites for hydroxylation is 1. The van der Waals surface area contributed by atoms with Crippen LogP contribution in [0.15, 0.2) is 23.1 Å². The summed E-state index contributed by atoms with van der Waals surface area (Å²) in [7, 11) is 3.82. The number of fused-ring (bicyclic) bond motifs is 1. The molecular formula is C13H19NOS. The Morgan fingerprint density at radius 3 is 3.12 bits per heavy atom. The molecule has 0 saturated carbocycles. The largest absolute Gasteiger partial charge is 0.369 e. The fraction of sp³-hybridized carbons (Fsp3) is 0.538. The van der Waals surface area contributed by atoms with Crippen LogP contribution in [0.2, 0.25) is 0 Å². The van der Waals surface area contributed by atoms with Crippen molar-refractivity contribution < 1.29 is 4.74 Å². The fourth-order valence-electron chi connectivity index (χ4n) is 2.09. The normalized spacial score (nSPS) is 15.2. The molecule has 3 heteroatoms. The van der Waals surface area contributed by atoms with Crippen molar-refractivity contribution in [1.29, 1.82) is 0 Å². The predicted molar refractivity (Wildman–Crippen MR) is 68.8 cm³/mol.